The molecule has 16 heteroatoms. The maximum atomic E-state index is 10.6. The summed E-state index contributed by atoms with van der Waals surface area (Å²) in [5.74, 6) is 0.822. The van der Waals surface area contributed by atoms with Gasteiger partial charge in [-0.3, -0.25) is 0 Å². The lowest BCUT2D eigenvalue weighted by Gasteiger charge is -2.09. The Balaban J connectivity index is 1.18. The Hall–Kier alpha value is -4.31. The van der Waals surface area contributed by atoms with E-state index >= 15 is 0 Å². The summed E-state index contributed by atoms with van der Waals surface area (Å²) in [6.45, 7) is 4.91. The van der Waals surface area contributed by atoms with Gasteiger partial charge in [-0.05, 0) is 24.1 Å². The number of hydrogen-bond donors (Lipinski definition) is 1. The van der Waals surface area contributed by atoms with E-state index in [1.807, 2.05) is 0 Å². The maximum absolute atomic E-state index is 10.6. The SMILES string of the molecule is CCCCCCCCCCOc1nnc(-c2nnc(OCCOCCOCCOc3ccc(COC(N)=O)cc3)nn2)nn1. The van der Waals surface area contributed by atoms with E-state index < -0.39 is 6.09 Å². The first-order chi connectivity index (χ1) is 21.6. The first-order valence-corrected chi connectivity index (χ1v) is 14.8. The van der Waals surface area contributed by atoms with Crippen LogP contribution in [0.4, 0.5) is 4.79 Å². The molecule has 0 radical (unpaired) electrons. The van der Waals surface area contributed by atoms with Crippen molar-refractivity contribution >= 4 is 6.09 Å². The van der Waals surface area contributed by atoms with Gasteiger partial charge in [0, 0.05) is 0 Å². The number of amides is 1. The van der Waals surface area contributed by atoms with Crippen molar-refractivity contribution in [1.82, 2.24) is 40.8 Å². The summed E-state index contributed by atoms with van der Waals surface area (Å²) in [5, 5.41) is 31.2. The smallest absolute Gasteiger partial charge is 0.404 e. The fourth-order valence-corrected chi connectivity index (χ4v) is 3.70. The molecule has 1 amide bonds. The van der Waals surface area contributed by atoms with Crippen molar-refractivity contribution in [2.75, 3.05) is 46.2 Å². The third-order valence-electron chi connectivity index (χ3n) is 5.98. The van der Waals surface area contributed by atoms with E-state index in [2.05, 4.69) is 47.7 Å². The molecule has 0 aliphatic rings. The highest BCUT2D eigenvalue weighted by molar-refractivity contribution is 5.64. The maximum Gasteiger partial charge on any atom is 0.404 e. The van der Waals surface area contributed by atoms with E-state index in [0.29, 0.717) is 45.4 Å². The van der Waals surface area contributed by atoms with Gasteiger partial charge in [0.1, 0.15) is 25.6 Å². The van der Waals surface area contributed by atoms with Gasteiger partial charge in [0.15, 0.2) is 0 Å². The van der Waals surface area contributed by atoms with Gasteiger partial charge in [-0.25, -0.2) is 4.79 Å². The topological polar surface area (TPSA) is 202 Å². The molecule has 2 aromatic heterocycles. The van der Waals surface area contributed by atoms with Crippen molar-refractivity contribution in [3.63, 3.8) is 0 Å². The quantitative estimate of drug-likeness (QED) is 0.144. The molecule has 44 heavy (non-hydrogen) atoms. The van der Waals surface area contributed by atoms with Crippen LogP contribution >= 0.6 is 0 Å². The van der Waals surface area contributed by atoms with Crippen molar-refractivity contribution in [2.45, 2.75) is 64.9 Å². The summed E-state index contributed by atoms with van der Waals surface area (Å²) in [6, 6.07) is 7.23. The lowest BCUT2D eigenvalue weighted by atomic mass is 10.1. The molecule has 0 spiro atoms. The first kappa shape index (κ1) is 34.2. The van der Waals surface area contributed by atoms with Crippen LogP contribution in [-0.4, -0.2) is 93.1 Å². The molecule has 2 N–H and O–H groups in total. The Kier molecular flexibility index (Phi) is 16.6. The third kappa shape index (κ3) is 14.7. The van der Waals surface area contributed by atoms with Gasteiger partial charge < -0.3 is 34.2 Å². The number of hydrogen-bond acceptors (Lipinski definition) is 15. The molecule has 0 unspecified atom stereocenters. The van der Waals surface area contributed by atoms with Crippen LogP contribution in [0.3, 0.4) is 0 Å². The summed E-state index contributed by atoms with van der Waals surface area (Å²) in [5.41, 5.74) is 5.76. The average Bonchev–Trinajstić information content (AvgIpc) is 3.05. The molecule has 0 fully saturated rings. The summed E-state index contributed by atoms with van der Waals surface area (Å²) in [4.78, 5) is 10.6. The van der Waals surface area contributed by atoms with Gasteiger partial charge >= 0.3 is 18.1 Å². The molecule has 1 aromatic carbocycles. The molecule has 0 bridgehead atoms. The Bertz CT molecular complexity index is 1170. The molecule has 0 atom stereocenters. The van der Waals surface area contributed by atoms with Crippen LogP contribution in [-0.2, 0) is 20.8 Å². The predicted octanol–water partition coefficient (Wildman–Crippen LogP) is 3.12. The Morgan fingerprint density at radius 1 is 0.591 bits per heavy atom. The summed E-state index contributed by atoms with van der Waals surface area (Å²) < 4.78 is 32.2. The number of nitrogens with two attached hydrogens (primary N) is 1. The first-order valence-electron chi connectivity index (χ1n) is 14.8. The zero-order valence-electron chi connectivity index (χ0n) is 25.1. The number of ether oxygens (including phenoxy) is 6. The van der Waals surface area contributed by atoms with Crippen LogP contribution < -0.4 is 19.9 Å². The molecule has 0 saturated heterocycles. The highest BCUT2D eigenvalue weighted by atomic mass is 16.6. The molecule has 16 nitrogen and oxygen atoms in total. The van der Waals surface area contributed by atoms with Gasteiger partial charge in [-0.15, -0.1) is 20.4 Å². The number of primary amides is 1. The summed E-state index contributed by atoms with van der Waals surface area (Å²) >= 11 is 0. The molecule has 0 aliphatic heterocycles. The molecule has 3 aromatic rings. The van der Waals surface area contributed by atoms with E-state index in [1.165, 1.54) is 38.5 Å². The van der Waals surface area contributed by atoms with Gasteiger partial charge in [-0.1, -0.05) is 84.4 Å². The van der Waals surface area contributed by atoms with E-state index in [1.54, 1.807) is 24.3 Å². The van der Waals surface area contributed by atoms with Crippen molar-refractivity contribution in [1.29, 1.82) is 0 Å². The number of unbranched alkanes of at least 4 members (excludes halogenated alkanes) is 7. The number of aromatic nitrogens is 8. The van der Waals surface area contributed by atoms with Crippen molar-refractivity contribution in [2.24, 2.45) is 5.73 Å². The second-order valence-electron chi connectivity index (χ2n) is 9.51. The van der Waals surface area contributed by atoms with E-state index in [9.17, 15) is 4.79 Å². The van der Waals surface area contributed by atoms with E-state index in [0.717, 1.165) is 18.4 Å². The van der Waals surface area contributed by atoms with Crippen LogP contribution in [0, 0.1) is 0 Å². The minimum absolute atomic E-state index is 0.00888. The van der Waals surface area contributed by atoms with E-state index in [-0.39, 0.29) is 36.9 Å². The van der Waals surface area contributed by atoms with Crippen molar-refractivity contribution in [3.05, 3.63) is 29.8 Å². The van der Waals surface area contributed by atoms with Crippen LogP contribution in [0.1, 0.15) is 63.9 Å². The van der Waals surface area contributed by atoms with Crippen LogP contribution in [0.15, 0.2) is 24.3 Å². The van der Waals surface area contributed by atoms with Gasteiger partial charge in [0.05, 0.1) is 33.0 Å². The number of carbonyl (C=O) groups is 1. The molecular weight excluding hydrogens is 574 g/mol. The zero-order chi connectivity index (χ0) is 31.1. The number of benzene rings is 1. The molecule has 240 valence electrons. The second kappa shape index (κ2) is 21.4. The third-order valence-corrected chi connectivity index (χ3v) is 5.98. The fourth-order valence-electron chi connectivity index (χ4n) is 3.70. The highest BCUT2D eigenvalue weighted by Gasteiger charge is 2.11. The van der Waals surface area contributed by atoms with Crippen LogP contribution in [0.2, 0.25) is 0 Å². The summed E-state index contributed by atoms with van der Waals surface area (Å²) in [6.07, 6.45) is 8.90. The lowest BCUT2D eigenvalue weighted by Crippen LogP contribution is -2.14. The lowest BCUT2D eigenvalue weighted by molar-refractivity contribution is 0.0262. The normalized spacial score (nSPS) is 10.8. The number of nitrogens with zero attached hydrogens (tertiary/aromatic N) is 8. The predicted molar refractivity (Wildman–Crippen MR) is 156 cm³/mol. The van der Waals surface area contributed by atoms with Crippen LogP contribution in [0.5, 0.6) is 17.8 Å². The van der Waals surface area contributed by atoms with Gasteiger partial charge in [0.2, 0.25) is 11.6 Å². The molecule has 0 aliphatic carbocycles. The Labute approximate surface area is 256 Å². The minimum Gasteiger partial charge on any atom is -0.491 e. The highest BCUT2D eigenvalue weighted by Crippen LogP contribution is 2.13. The average molecular weight is 616 g/mol. The molecular formula is C28H41N9O7. The fraction of sp³-hybridized carbons (Fsp3) is 0.607. The molecule has 3 rings (SSSR count). The van der Waals surface area contributed by atoms with Gasteiger partial charge in [0.25, 0.3) is 0 Å². The van der Waals surface area contributed by atoms with Crippen LogP contribution in [0.25, 0.3) is 11.6 Å². The minimum atomic E-state index is -0.812. The Morgan fingerprint density at radius 2 is 1.07 bits per heavy atom. The molecule has 2 heterocycles. The number of carbonyl (C=O) groups excluding carboxylic acids is 1. The van der Waals surface area contributed by atoms with Gasteiger partial charge in [-0.2, -0.15) is 0 Å². The monoisotopic (exact) mass is 615 g/mol. The van der Waals surface area contributed by atoms with Crippen molar-refractivity contribution < 1.29 is 33.2 Å². The Morgan fingerprint density at radius 3 is 1.61 bits per heavy atom. The number of rotatable bonds is 24. The van der Waals surface area contributed by atoms with E-state index in [4.69, 9.17) is 34.2 Å². The van der Waals surface area contributed by atoms with Crippen molar-refractivity contribution in [3.8, 4) is 29.4 Å². The zero-order valence-corrected chi connectivity index (χ0v) is 25.1. The molecule has 0 saturated carbocycles. The summed E-state index contributed by atoms with van der Waals surface area (Å²) in [7, 11) is 0. The standard InChI is InChI=1S/C28H41N9O7/c1-2-3-4-5-6-7-8-9-14-42-27-34-30-24(31-35-27)25-32-36-28(37-33-25)43-20-18-40-16-15-39-17-19-41-23-12-10-22(11-13-23)21-44-26(29)38/h10-13H,2-9,14-21H2,1H3,(H2,29,38). The second-order valence-corrected chi connectivity index (χ2v) is 9.51. The largest absolute Gasteiger partial charge is 0.491 e.